The first kappa shape index (κ1) is 16.1. The van der Waals surface area contributed by atoms with Gasteiger partial charge in [0.25, 0.3) is 11.8 Å². The summed E-state index contributed by atoms with van der Waals surface area (Å²) in [6.45, 7) is 3.13. The number of alkyl halides is 2. The molecule has 0 aliphatic heterocycles. The Bertz CT molecular complexity index is 687. The Morgan fingerprint density at radius 3 is 2.55 bits per heavy atom. The third kappa shape index (κ3) is 3.16. The number of nitrogens with zero attached hydrogens (tertiary/aromatic N) is 3. The first-order chi connectivity index (χ1) is 10.2. The van der Waals surface area contributed by atoms with Crippen LogP contribution in [0.3, 0.4) is 0 Å². The third-order valence-electron chi connectivity index (χ3n) is 3.34. The highest BCUT2D eigenvalue weighted by Crippen LogP contribution is 2.30. The van der Waals surface area contributed by atoms with E-state index < -0.39 is 5.92 Å². The Hall–Kier alpha value is -2.24. The SMILES string of the molecule is CCn1nc(C(C)(F)F)cc1-c1cccc(C(=O)N(C)C)c1. The smallest absolute Gasteiger partial charge is 0.288 e. The molecule has 0 atom stereocenters. The highest BCUT2D eigenvalue weighted by Gasteiger charge is 2.29. The molecule has 2 rings (SSSR count). The topological polar surface area (TPSA) is 38.1 Å². The van der Waals surface area contributed by atoms with Gasteiger partial charge < -0.3 is 4.90 Å². The van der Waals surface area contributed by atoms with Crippen molar-refractivity contribution in [3.8, 4) is 11.3 Å². The van der Waals surface area contributed by atoms with Crippen LogP contribution in [0.25, 0.3) is 11.3 Å². The van der Waals surface area contributed by atoms with E-state index in [9.17, 15) is 13.6 Å². The number of carbonyl (C=O) groups is 1. The van der Waals surface area contributed by atoms with Gasteiger partial charge in [0, 0.05) is 38.7 Å². The van der Waals surface area contributed by atoms with Crippen LogP contribution in [0.2, 0.25) is 0 Å². The minimum atomic E-state index is -2.99. The van der Waals surface area contributed by atoms with E-state index in [0.717, 1.165) is 6.92 Å². The van der Waals surface area contributed by atoms with Gasteiger partial charge in [0.1, 0.15) is 5.69 Å². The van der Waals surface area contributed by atoms with Gasteiger partial charge in [-0.3, -0.25) is 9.48 Å². The van der Waals surface area contributed by atoms with Crippen LogP contribution in [0.15, 0.2) is 30.3 Å². The largest absolute Gasteiger partial charge is 0.345 e. The van der Waals surface area contributed by atoms with E-state index in [4.69, 9.17) is 0 Å². The molecule has 0 N–H and O–H groups in total. The average molecular weight is 307 g/mol. The standard InChI is InChI=1S/C16H19F2N3O/c1-5-21-13(10-14(19-21)16(2,17)18)11-7-6-8-12(9-11)15(22)20(3)4/h6-10H,5H2,1-4H3. The lowest BCUT2D eigenvalue weighted by Crippen LogP contribution is -2.21. The summed E-state index contributed by atoms with van der Waals surface area (Å²) in [5.41, 5.74) is 1.51. The summed E-state index contributed by atoms with van der Waals surface area (Å²) in [6.07, 6.45) is 0. The number of aryl methyl sites for hydroxylation is 1. The third-order valence-corrected chi connectivity index (χ3v) is 3.34. The Morgan fingerprint density at radius 2 is 2.00 bits per heavy atom. The molecule has 22 heavy (non-hydrogen) atoms. The number of hydrogen-bond donors (Lipinski definition) is 0. The highest BCUT2D eigenvalue weighted by atomic mass is 19.3. The van der Waals surface area contributed by atoms with Crippen LogP contribution in [0.1, 0.15) is 29.9 Å². The van der Waals surface area contributed by atoms with E-state index in [-0.39, 0.29) is 11.6 Å². The van der Waals surface area contributed by atoms with Crippen LogP contribution in [-0.2, 0) is 12.5 Å². The monoisotopic (exact) mass is 307 g/mol. The number of benzene rings is 1. The van der Waals surface area contributed by atoms with Crippen LogP contribution in [-0.4, -0.2) is 34.7 Å². The zero-order chi connectivity index (χ0) is 16.5. The minimum Gasteiger partial charge on any atom is -0.345 e. The molecular formula is C16H19F2N3O. The number of aromatic nitrogens is 2. The second kappa shape index (κ2) is 5.87. The summed E-state index contributed by atoms with van der Waals surface area (Å²) < 4.78 is 28.5. The fourth-order valence-corrected chi connectivity index (χ4v) is 2.17. The molecule has 0 aliphatic rings. The minimum absolute atomic E-state index is 0.134. The molecule has 118 valence electrons. The molecule has 0 fully saturated rings. The maximum Gasteiger partial charge on any atom is 0.288 e. The van der Waals surface area contributed by atoms with Gasteiger partial charge in [-0.2, -0.15) is 13.9 Å². The second-order valence-electron chi connectivity index (χ2n) is 5.40. The van der Waals surface area contributed by atoms with Crippen molar-refractivity contribution in [1.82, 2.24) is 14.7 Å². The van der Waals surface area contributed by atoms with Gasteiger partial charge in [-0.05, 0) is 25.1 Å². The summed E-state index contributed by atoms with van der Waals surface area (Å²) in [5.74, 6) is -3.13. The number of amides is 1. The van der Waals surface area contributed by atoms with Crippen molar-refractivity contribution in [3.63, 3.8) is 0 Å². The van der Waals surface area contributed by atoms with Gasteiger partial charge in [0.05, 0.1) is 5.69 Å². The van der Waals surface area contributed by atoms with Crippen LogP contribution < -0.4 is 0 Å². The zero-order valence-corrected chi connectivity index (χ0v) is 13.1. The van der Waals surface area contributed by atoms with Crippen LogP contribution >= 0.6 is 0 Å². The Kier molecular flexibility index (Phi) is 4.30. The molecule has 0 saturated carbocycles. The molecule has 1 heterocycles. The van der Waals surface area contributed by atoms with Crippen molar-refractivity contribution in [2.24, 2.45) is 0 Å². The molecule has 1 aromatic heterocycles. The highest BCUT2D eigenvalue weighted by molar-refractivity contribution is 5.95. The summed E-state index contributed by atoms with van der Waals surface area (Å²) in [5, 5.41) is 3.96. The predicted octanol–water partition coefficient (Wildman–Crippen LogP) is 3.38. The number of rotatable bonds is 4. The molecule has 0 aliphatic carbocycles. The summed E-state index contributed by atoms with van der Waals surface area (Å²) >= 11 is 0. The van der Waals surface area contributed by atoms with Crippen molar-refractivity contribution in [3.05, 3.63) is 41.6 Å². The molecule has 0 unspecified atom stereocenters. The van der Waals surface area contributed by atoms with Gasteiger partial charge in [-0.15, -0.1) is 0 Å². The maximum absolute atomic E-state index is 13.5. The van der Waals surface area contributed by atoms with Gasteiger partial charge in [0.15, 0.2) is 0 Å². The van der Waals surface area contributed by atoms with E-state index in [2.05, 4.69) is 5.10 Å². The molecule has 1 amide bonds. The number of carbonyl (C=O) groups excluding carboxylic acids is 1. The lowest BCUT2D eigenvalue weighted by Gasteiger charge is -2.11. The van der Waals surface area contributed by atoms with Crippen molar-refractivity contribution < 1.29 is 13.6 Å². The molecule has 0 spiro atoms. The van der Waals surface area contributed by atoms with Crippen molar-refractivity contribution in [2.45, 2.75) is 26.3 Å². The Balaban J connectivity index is 2.50. The molecule has 2 aromatic rings. The van der Waals surface area contributed by atoms with E-state index in [1.165, 1.54) is 15.6 Å². The average Bonchev–Trinajstić information content (AvgIpc) is 2.90. The molecule has 6 heteroatoms. The Labute approximate surface area is 128 Å². The van der Waals surface area contributed by atoms with Gasteiger partial charge >= 0.3 is 0 Å². The van der Waals surface area contributed by atoms with E-state index in [0.29, 0.717) is 23.4 Å². The van der Waals surface area contributed by atoms with Crippen molar-refractivity contribution in [1.29, 1.82) is 0 Å². The van der Waals surface area contributed by atoms with E-state index in [1.54, 1.807) is 38.4 Å². The first-order valence-corrected chi connectivity index (χ1v) is 7.02. The number of hydrogen-bond acceptors (Lipinski definition) is 2. The summed E-state index contributed by atoms with van der Waals surface area (Å²) in [4.78, 5) is 13.5. The molecule has 0 radical (unpaired) electrons. The first-order valence-electron chi connectivity index (χ1n) is 7.02. The molecular weight excluding hydrogens is 288 g/mol. The van der Waals surface area contributed by atoms with Gasteiger partial charge in [-0.1, -0.05) is 12.1 Å². The predicted molar refractivity (Wildman–Crippen MR) is 80.9 cm³/mol. The maximum atomic E-state index is 13.5. The molecule has 0 saturated heterocycles. The fraction of sp³-hybridized carbons (Fsp3) is 0.375. The van der Waals surface area contributed by atoms with E-state index in [1.807, 2.05) is 6.92 Å². The molecule has 0 bridgehead atoms. The lowest BCUT2D eigenvalue weighted by molar-refractivity contribution is 0.0121. The zero-order valence-electron chi connectivity index (χ0n) is 13.1. The van der Waals surface area contributed by atoms with Crippen molar-refractivity contribution >= 4 is 5.91 Å². The van der Waals surface area contributed by atoms with Crippen LogP contribution in [0, 0.1) is 0 Å². The Morgan fingerprint density at radius 1 is 1.32 bits per heavy atom. The molecule has 1 aromatic carbocycles. The van der Waals surface area contributed by atoms with Crippen molar-refractivity contribution in [2.75, 3.05) is 14.1 Å². The van der Waals surface area contributed by atoms with Gasteiger partial charge in [0.2, 0.25) is 0 Å². The lowest BCUT2D eigenvalue weighted by atomic mass is 10.1. The second-order valence-corrected chi connectivity index (χ2v) is 5.40. The normalized spacial score (nSPS) is 11.5. The number of halogens is 2. The van der Waals surface area contributed by atoms with E-state index >= 15 is 0 Å². The van der Waals surface area contributed by atoms with Crippen LogP contribution in [0.4, 0.5) is 8.78 Å². The summed E-state index contributed by atoms with van der Waals surface area (Å²) in [7, 11) is 3.34. The fourth-order valence-electron chi connectivity index (χ4n) is 2.17. The molecule has 4 nitrogen and oxygen atoms in total. The van der Waals surface area contributed by atoms with Crippen LogP contribution in [0.5, 0.6) is 0 Å². The quantitative estimate of drug-likeness (QED) is 0.868. The summed E-state index contributed by atoms with van der Waals surface area (Å²) in [6, 6.07) is 8.30. The van der Waals surface area contributed by atoms with Gasteiger partial charge in [-0.25, -0.2) is 0 Å².